The standard InChI is InChI=1S/C20H22O3/c1-16-13-15-22-20(23-16)18-9-11-19(12-10-18)21-14-5-8-17-6-3-2-4-7-17/h2-12,16,20H,13-15H2,1H3. The Morgan fingerprint density at radius 3 is 2.61 bits per heavy atom. The molecule has 1 aliphatic rings. The summed E-state index contributed by atoms with van der Waals surface area (Å²) in [4.78, 5) is 0. The Kier molecular flexibility index (Phi) is 5.46. The molecule has 1 fully saturated rings. The van der Waals surface area contributed by atoms with E-state index in [1.54, 1.807) is 0 Å². The highest BCUT2D eigenvalue weighted by molar-refractivity contribution is 5.48. The van der Waals surface area contributed by atoms with E-state index in [0.717, 1.165) is 24.3 Å². The van der Waals surface area contributed by atoms with Crippen LogP contribution in [0, 0.1) is 0 Å². The summed E-state index contributed by atoms with van der Waals surface area (Å²) in [6.07, 6.45) is 5.00. The molecule has 2 unspecified atom stereocenters. The number of ether oxygens (including phenoxy) is 3. The second-order valence-electron chi connectivity index (χ2n) is 5.63. The zero-order valence-electron chi connectivity index (χ0n) is 13.4. The molecular formula is C20H22O3. The van der Waals surface area contributed by atoms with Crippen molar-refractivity contribution in [3.05, 3.63) is 71.8 Å². The quantitative estimate of drug-likeness (QED) is 0.807. The first-order valence-electron chi connectivity index (χ1n) is 8.03. The molecule has 23 heavy (non-hydrogen) atoms. The van der Waals surface area contributed by atoms with Crippen molar-refractivity contribution in [2.75, 3.05) is 13.2 Å². The molecule has 2 atom stereocenters. The van der Waals surface area contributed by atoms with E-state index in [9.17, 15) is 0 Å². The van der Waals surface area contributed by atoms with Crippen LogP contribution in [0.25, 0.3) is 6.08 Å². The second-order valence-corrected chi connectivity index (χ2v) is 5.63. The highest BCUT2D eigenvalue weighted by atomic mass is 16.7. The summed E-state index contributed by atoms with van der Waals surface area (Å²) in [5.41, 5.74) is 2.20. The van der Waals surface area contributed by atoms with Gasteiger partial charge in [-0.2, -0.15) is 0 Å². The zero-order chi connectivity index (χ0) is 15.9. The van der Waals surface area contributed by atoms with E-state index >= 15 is 0 Å². The van der Waals surface area contributed by atoms with Gasteiger partial charge in [0, 0.05) is 5.56 Å². The molecule has 1 saturated heterocycles. The van der Waals surface area contributed by atoms with Crippen molar-refractivity contribution < 1.29 is 14.2 Å². The van der Waals surface area contributed by atoms with E-state index in [-0.39, 0.29) is 12.4 Å². The smallest absolute Gasteiger partial charge is 0.184 e. The predicted octanol–water partition coefficient (Wildman–Crippen LogP) is 4.60. The SMILES string of the molecule is CC1CCOC(c2ccc(OCC=Cc3ccccc3)cc2)O1. The van der Waals surface area contributed by atoms with Crippen molar-refractivity contribution >= 4 is 6.08 Å². The van der Waals surface area contributed by atoms with Crippen molar-refractivity contribution in [2.45, 2.75) is 25.7 Å². The maximum absolute atomic E-state index is 5.79. The van der Waals surface area contributed by atoms with E-state index in [4.69, 9.17) is 14.2 Å². The van der Waals surface area contributed by atoms with Crippen molar-refractivity contribution in [1.29, 1.82) is 0 Å². The first-order chi connectivity index (χ1) is 11.3. The fourth-order valence-corrected chi connectivity index (χ4v) is 2.45. The molecular weight excluding hydrogens is 288 g/mol. The first-order valence-corrected chi connectivity index (χ1v) is 8.03. The van der Waals surface area contributed by atoms with Gasteiger partial charge in [0.15, 0.2) is 6.29 Å². The van der Waals surface area contributed by atoms with Gasteiger partial charge in [0.25, 0.3) is 0 Å². The molecule has 3 heteroatoms. The van der Waals surface area contributed by atoms with Crippen LogP contribution in [0.4, 0.5) is 0 Å². The number of benzene rings is 2. The van der Waals surface area contributed by atoms with E-state index in [1.807, 2.05) is 48.5 Å². The predicted molar refractivity (Wildman–Crippen MR) is 91.3 cm³/mol. The summed E-state index contributed by atoms with van der Waals surface area (Å²) < 4.78 is 17.2. The van der Waals surface area contributed by atoms with Crippen molar-refractivity contribution in [2.24, 2.45) is 0 Å². The lowest BCUT2D eigenvalue weighted by molar-refractivity contribution is -0.212. The normalized spacial score (nSPS) is 21.4. The third kappa shape index (κ3) is 4.68. The third-order valence-electron chi connectivity index (χ3n) is 3.76. The summed E-state index contributed by atoms with van der Waals surface area (Å²) in [6, 6.07) is 18.1. The van der Waals surface area contributed by atoms with Crippen LogP contribution in [-0.2, 0) is 9.47 Å². The molecule has 0 aliphatic carbocycles. The molecule has 1 heterocycles. The third-order valence-corrected chi connectivity index (χ3v) is 3.76. The van der Waals surface area contributed by atoms with E-state index in [0.29, 0.717) is 6.61 Å². The van der Waals surface area contributed by atoms with Crippen LogP contribution in [0.15, 0.2) is 60.7 Å². The average Bonchev–Trinajstić information content (AvgIpc) is 2.60. The first kappa shape index (κ1) is 15.8. The maximum Gasteiger partial charge on any atom is 0.184 e. The van der Waals surface area contributed by atoms with Gasteiger partial charge in [-0.3, -0.25) is 0 Å². The fourth-order valence-electron chi connectivity index (χ4n) is 2.45. The lowest BCUT2D eigenvalue weighted by Crippen LogP contribution is -2.24. The molecule has 0 spiro atoms. The molecule has 2 aromatic carbocycles. The second kappa shape index (κ2) is 7.95. The fraction of sp³-hybridized carbons (Fsp3) is 0.300. The molecule has 0 radical (unpaired) electrons. The van der Waals surface area contributed by atoms with Gasteiger partial charge in [0.2, 0.25) is 0 Å². The van der Waals surface area contributed by atoms with Crippen molar-refractivity contribution in [3.8, 4) is 5.75 Å². The number of rotatable bonds is 5. The molecule has 0 bridgehead atoms. The Labute approximate surface area is 137 Å². The minimum absolute atomic E-state index is 0.243. The molecule has 3 rings (SSSR count). The van der Waals surface area contributed by atoms with Crippen LogP contribution in [0.3, 0.4) is 0 Å². The molecule has 2 aromatic rings. The molecule has 120 valence electrons. The minimum atomic E-state index is -0.259. The van der Waals surface area contributed by atoms with Crippen LogP contribution in [-0.4, -0.2) is 19.3 Å². The minimum Gasteiger partial charge on any atom is -0.490 e. The van der Waals surface area contributed by atoms with Crippen molar-refractivity contribution in [1.82, 2.24) is 0 Å². The molecule has 0 N–H and O–H groups in total. The van der Waals surface area contributed by atoms with Crippen LogP contribution in [0.2, 0.25) is 0 Å². The summed E-state index contributed by atoms with van der Waals surface area (Å²) >= 11 is 0. The topological polar surface area (TPSA) is 27.7 Å². The summed E-state index contributed by atoms with van der Waals surface area (Å²) in [7, 11) is 0. The number of hydrogen-bond donors (Lipinski definition) is 0. The lowest BCUT2D eigenvalue weighted by Gasteiger charge is -2.28. The maximum atomic E-state index is 5.79. The van der Waals surface area contributed by atoms with Crippen LogP contribution in [0.5, 0.6) is 5.75 Å². The van der Waals surface area contributed by atoms with Crippen molar-refractivity contribution in [3.63, 3.8) is 0 Å². The van der Waals surface area contributed by atoms with E-state index < -0.39 is 0 Å². The Bertz CT molecular complexity index is 619. The molecule has 1 aliphatic heterocycles. The van der Waals surface area contributed by atoms with Gasteiger partial charge in [0.05, 0.1) is 12.7 Å². The highest BCUT2D eigenvalue weighted by Gasteiger charge is 2.21. The monoisotopic (exact) mass is 310 g/mol. The van der Waals surface area contributed by atoms with Gasteiger partial charge in [-0.05, 0) is 37.1 Å². The zero-order valence-corrected chi connectivity index (χ0v) is 13.4. The molecule has 0 saturated carbocycles. The van der Waals surface area contributed by atoms with Crippen LogP contribution < -0.4 is 4.74 Å². The summed E-state index contributed by atoms with van der Waals surface area (Å²) in [5.74, 6) is 0.843. The Hall–Kier alpha value is -2.10. The molecule has 0 amide bonds. The van der Waals surface area contributed by atoms with Crippen LogP contribution in [0.1, 0.15) is 30.8 Å². The van der Waals surface area contributed by atoms with E-state index in [1.165, 1.54) is 5.56 Å². The molecule has 3 nitrogen and oxygen atoms in total. The Morgan fingerprint density at radius 2 is 1.87 bits per heavy atom. The largest absolute Gasteiger partial charge is 0.490 e. The van der Waals surface area contributed by atoms with E-state index in [2.05, 4.69) is 25.1 Å². The van der Waals surface area contributed by atoms with Crippen LogP contribution >= 0.6 is 0 Å². The van der Waals surface area contributed by atoms with Gasteiger partial charge in [-0.25, -0.2) is 0 Å². The van der Waals surface area contributed by atoms with Gasteiger partial charge < -0.3 is 14.2 Å². The molecule has 0 aromatic heterocycles. The van der Waals surface area contributed by atoms with Gasteiger partial charge in [-0.15, -0.1) is 0 Å². The van der Waals surface area contributed by atoms with Gasteiger partial charge in [0.1, 0.15) is 12.4 Å². The summed E-state index contributed by atoms with van der Waals surface area (Å²) in [5, 5.41) is 0. The Morgan fingerprint density at radius 1 is 1.09 bits per heavy atom. The van der Waals surface area contributed by atoms with Gasteiger partial charge in [-0.1, -0.05) is 48.5 Å². The Balaban J connectivity index is 1.50. The summed E-state index contributed by atoms with van der Waals surface area (Å²) in [6.45, 7) is 3.36. The number of hydrogen-bond acceptors (Lipinski definition) is 3. The highest BCUT2D eigenvalue weighted by Crippen LogP contribution is 2.27. The average molecular weight is 310 g/mol. The lowest BCUT2D eigenvalue weighted by atomic mass is 10.2. The van der Waals surface area contributed by atoms with Gasteiger partial charge >= 0.3 is 0 Å².